The predicted molar refractivity (Wildman–Crippen MR) is 68.0 cm³/mol. The molecule has 4 N–H and O–H groups in total. The zero-order chi connectivity index (χ0) is 13.7. The lowest BCUT2D eigenvalue weighted by molar-refractivity contribution is 0.0761. The van der Waals surface area contributed by atoms with Gasteiger partial charge in [-0.1, -0.05) is 13.8 Å². The maximum atomic E-state index is 12.1. The van der Waals surface area contributed by atoms with Crippen LogP contribution in [0.15, 0.2) is 6.20 Å². The van der Waals surface area contributed by atoms with Crippen LogP contribution in [0.2, 0.25) is 0 Å². The van der Waals surface area contributed by atoms with Crippen LogP contribution in [-0.4, -0.2) is 46.1 Å². The van der Waals surface area contributed by atoms with Gasteiger partial charge in [0.1, 0.15) is 5.82 Å². The molecular formula is C11H19N5O2. The summed E-state index contributed by atoms with van der Waals surface area (Å²) in [5.41, 5.74) is 2.99. The van der Waals surface area contributed by atoms with Gasteiger partial charge in [-0.25, -0.2) is 9.97 Å². The van der Waals surface area contributed by atoms with Crippen LogP contribution < -0.4 is 11.3 Å². The minimum atomic E-state index is -0.304. The number of amides is 1. The first-order chi connectivity index (χ1) is 8.51. The van der Waals surface area contributed by atoms with Crippen molar-refractivity contribution in [2.24, 2.45) is 5.84 Å². The Morgan fingerprint density at radius 1 is 1.61 bits per heavy atom. The molecule has 0 aliphatic heterocycles. The highest BCUT2D eigenvalue weighted by Crippen LogP contribution is 2.16. The van der Waals surface area contributed by atoms with Crippen molar-refractivity contribution in [3.8, 4) is 0 Å². The van der Waals surface area contributed by atoms with Gasteiger partial charge < -0.3 is 15.4 Å². The van der Waals surface area contributed by atoms with E-state index in [2.05, 4.69) is 15.4 Å². The molecule has 1 rings (SSSR count). The number of aliphatic hydroxyl groups is 1. The van der Waals surface area contributed by atoms with Crippen molar-refractivity contribution >= 4 is 11.6 Å². The van der Waals surface area contributed by atoms with Gasteiger partial charge in [0, 0.05) is 19.5 Å². The van der Waals surface area contributed by atoms with Crippen LogP contribution >= 0.6 is 0 Å². The Kier molecular flexibility index (Phi) is 4.99. The Bertz CT molecular complexity index is 422. The van der Waals surface area contributed by atoms with Crippen LogP contribution in [0.25, 0.3) is 0 Å². The van der Waals surface area contributed by atoms with Gasteiger partial charge in [-0.05, 0) is 0 Å². The summed E-state index contributed by atoms with van der Waals surface area (Å²) in [5, 5.41) is 8.83. The first-order valence-corrected chi connectivity index (χ1v) is 5.71. The molecule has 7 heteroatoms. The van der Waals surface area contributed by atoms with Gasteiger partial charge in [-0.2, -0.15) is 0 Å². The largest absolute Gasteiger partial charge is 0.395 e. The van der Waals surface area contributed by atoms with Crippen molar-refractivity contribution in [3.63, 3.8) is 0 Å². The van der Waals surface area contributed by atoms with E-state index in [1.807, 2.05) is 13.8 Å². The summed E-state index contributed by atoms with van der Waals surface area (Å²) >= 11 is 0. The number of nitrogen functional groups attached to an aromatic ring is 1. The number of rotatable bonds is 5. The third-order valence-electron chi connectivity index (χ3n) is 2.46. The topological polar surface area (TPSA) is 104 Å². The number of nitrogens with two attached hydrogens (primary N) is 1. The second kappa shape index (κ2) is 6.27. The number of hydrogen-bond acceptors (Lipinski definition) is 6. The molecule has 1 heterocycles. The van der Waals surface area contributed by atoms with Crippen molar-refractivity contribution in [1.29, 1.82) is 0 Å². The smallest absolute Gasteiger partial charge is 0.274 e. The molecule has 0 spiro atoms. The van der Waals surface area contributed by atoms with E-state index in [9.17, 15) is 4.79 Å². The number of aromatic nitrogens is 2. The fraction of sp³-hybridized carbons (Fsp3) is 0.545. The number of hydrazine groups is 1. The monoisotopic (exact) mass is 253 g/mol. The number of hydrogen-bond donors (Lipinski definition) is 3. The molecule has 0 aliphatic rings. The van der Waals surface area contributed by atoms with E-state index in [4.69, 9.17) is 10.9 Å². The van der Waals surface area contributed by atoms with Gasteiger partial charge in [-0.3, -0.25) is 10.6 Å². The lowest BCUT2D eigenvalue weighted by Crippen LogP contribution is -2.31. The molecule has 0 unspecified atom stereocenters. The molecule has 0 saturated heterocycles. The number of carbonyl (C=O) groups excluding carboxylic acids is 1. The van der Waals surface area contributed by atoms with Crippen LogP contribution in [0.5, 0.6) is 0 Å². The zero-order valence-corrected chi connectivity index (χ0v) is 10.8. The molecule has 1 aromatic heterocycles. The Labute approximate surface area is 106 Å². The van der Waals surface area contributed by atoms with E-state index in [1.165, 1.54) is 11.1 Å². The average molecular weight is 253 g/mol. The van der Waals surface area contributed by atoms with Crippen LogP contribution in [-0.2, 0) is 0 Å². The summed E-state index contributed by atoms with van der Waals surface area (Å²) in [6.45, 7) is 4.02. The van der Waals surface area contributed by atoms with E-state index in [1.54, 1.807) is 7.05 Å². The molecule has 0 aliphatic carbocycles. The van der Waals surface area contributed by atoms with E-state index < -0.39 is 0 Å². The number of nitrogens with one attached hydrogen (secondary N) is 1. The summed E-state index contributed by atoms with van der Waals surface area (Å²) in [4.78, 5) is 21.8. The van der Waals surface area contributed by atoms with Crippen LogP contribution in [0.1, 0.15) is 36.1 Å². The number of likely N-dealkylation sites (N-methyl/N-ethyl adjacent to an activating group) is 1. The predicted octanol–water partition coefficient (Wildman–Crippen LogP) is -0.0501. The second-order valence-electron chi connectivity index (χ2n) is 4.24. The summed E-state index contributed by atoms with van der Waals surface area (Å²) in [7, 11) is 1.59. The fourth-order valence-corrected chi connectivity index (χ4v) is 1.37. The number of aliphatic hydroxyl groups excluding tert-OH is 1. The molecule has 0 bridgehead atoms. The van der Waals surface area contributed by atoms with Gasteiger partial charge in [0.2, 0.25) is 0 Å². The average Bonchev–Trinajstić information content (AvgIpc) is 2.37. The minimum absolute atomic E-state index is 0.101. The maximum absolute atomic E-state index is 12.1. The zero-order valence-electron chi connectivity index (χ0n) is 10.8. The molecule has 7 nitrogen and oxygen atoms in total. The van der Waals surface area contributed by atoms with Gasteiger partial charge in [-0.15, -0.1) is 0 Å². The van der Waals surface area contributed by atoms with Gasteiger partial charge >= 0.3 is 0 Å². The van der Waals surface area contributed by atoms with E-state index >= 15 is 0 Å². The molecule has 0 aromatic carbocycles. The quantitative estimate of drug-likeness (QED) is 0.502. The number of nitrogens with zero attached hydrogens (tertiary/aromatic N) is 3. The first-order valence-electron chi connectivity index (χ1n) is 5.71. The highest BCUT2D eigenvalue weighted by atomic mass is 16.3. The lowest BCUT2D eigenvalue weighted by atomic mass is 10.2. The van der Waals surface area contributed by atoms with Gasteiger partial charge in [0.05, 0.1) is 18.5 Å². The van der Waals surface area contributed by atoms with E-state index in [-0.39, 0.29) is 30.7 Å². The molecular weight excluding hydrogens is 234 g/mol. The van der Waals surface area contributed by atoms with Crippen LogP contribution in [0, 0.1) is 0 Å². The normalized spacial score (nSPS) is 10.6. The number of anilines is 1. The molecule has 1 aromatic rings. The first kappa shape index (κ1) is 14.3. The standard InChI is InChI=1S/C11H19N5O2/c1-7(2)10-13-6-8(15-12)9(14-10)11(18)16(3)4-5-17/h6-7,15,17H,4-5,12H2,1-3H3. The molecule has 0 radical (unpaired) electrons. The maximum Gasteiger partial charge on any atom is 0.274 e. The van der Waals surface area contributed by atoms with E-state index in [0.29, 0.717) is 11.5 Å². The molecule has 0 saturated carbocycles. The Morgan fingerprint density at radius 3 is 2.78 bits per heavy atom. The molecule has 0 atom stereocenters. The van der Waals surface area contributed by atoms with Crippen molar-refractivity contribution in [2.75, 3.05) is 25.6 Å². The van der Waals surface area contributed by atoms with Gasteiger partial charge in [0.15, 0.2) is 5.69 Å². The third-order valence-corrected chi connectivity index (χ3v) is 2.46. The molecule has 18 heavy (non-hydrogen) atoms. The fourth-order valence-electron chi connectivity index (χ4n) is 1.37. The number of carbonyl (C=O) groups is 1. The van der Waals surface area contributed by atoms with Crippen molar-refractivity contribution in [2.45, 2.75) is 19.8 Å². The van der Waals surface area contributed by atoms with Crippen molar-refractivity contribution in [3.05, 3.63) is 17.7 Å². The van der Waals surface area contributed by atoms with Crippen molar-refractivity contribution in [1.82, 2.24) is 14.9 Å². The lowest BCUT2D eigenvalue weighted by Gasteiger charge is -2.17. The van der Waals surface area contributed by atoms with Crippen molar-refractivity contribution < 1.29 is 9.90 Å². The SMILES string of the molecule is CC(C)c1ncc(NN)c(C(=O)N(C)CCO)n1. The summed E-state index contributed by atoms with van der Waals surface area (Å²) in [5.74, 6) is 5.73. The summed E-state index contributed by atoms with van der Waals surface area (Å²) < 4.78 is 0. The van der Waals surface area contributed by atoms with E-state index in [0.717, 1.165) is 0 Å². The molecule has 1 amide bonds. The van der Waals surface area contributed by atoms with Crippen LogP contribution in [0.3, 0.4) is 0 Å². The molecule has 0 fully saturated rings. The van der Waals surface area contributed by atoms with Crippen LogP contribution in [0.4, 0.5) is 5.69 Å². The Balaban J connectivity index is 3.11. The summed E-state index contributed by atoms with van der Waals surface area (Å²) in [6, 6.07) is 0. The Hall–Kier alpha value is -1.73. The highest BCUT2D eigenvalue weighted by molar-refractivity contribution is 5.97. The second-order valence-corrected chi connectivity index (χ2v) is 4.24. The molecule has 100 valence electrons. The van der Waals surface area contributed by atoms with Gasteiger partial charge in [0.25, 0.3) is 5.91 Å². The minimum Gasteiger partial charge on any atom is -0.395 e. The highest BCUT2D eigenvalue weighted by Gasteiger charge is 2.19. The third kappa shape index (κ3) is 3.14. The summed E-state index contributed by atoms with van der Waals surface area (Å²) in [6.07, 6.45) is 1.49. The Morgan fingerprint density at radius 2 is 2.28 bits per heavy atom.